The molecule has 0 saturated heterocycles. The smallest absolute Gasteiger partial charge is 0.195 e. The Morgan fingerprint density at radius 1 is 0.955 bits per heavy atom. The van der Waals surface area contributed by atoms with E-state index in [0.29, 0.717) is 0 Å². The Labute approximate surface area is 133 Å². The van der Waals surface area contributed by atoms with Gasteiger partial charge in [0.1, 0.15) is 6.54 Å². The van der Waals surface area contributed by atoms with Crippen molar-refractivity contribution in [1.82, 2.24) is 0 Å². The molecule has 2 aromatic rings. The summed E-state index contributed by atoms with van der Waals surface area (Å²) in [7, 11) is 0. The molecule has 0 fully saturated rings. The molecular formula is C21H24N+. The van der Waals surface area contributed by atoms with Crippen molar-refractivity contribution in [1.29, 1.82) is 0 Å². The van der Waals surface area contributed by atoms with Crippen molar-refractivity contribution >= 4 is 17.5 Å². The minimum absolute atomic E-state index is 0.0494. The highest BCUT2D eigenvalue weighted by Gasteiger charge is 2.43. The summed E-state index contributed by atoms with van der Waals surface area (Å²) in [5.41, 5.74) is 6.73. The molecule has 0 bridgehead atoms. The van der Waals surface area contributed by atoms with Gasteiger partial charge in [0.2, 0.25) is 5.69 Å². The zero-order chi connectivity index (χ0) is 15.7. The van der Waals surface area contributed by atoms with Crippen LogP contribution in [0.4, 0.5) is 5.69 Å². The van der Waals surface area contributed by atoms with Crippen LogP contribution in [0.15, 0.2) is 54.6 Å². The SMILES string of the molecule is CC[N+]1=C(C=Cc2ccc(C)cc2)C(C)(C)c2ccccc21. The first-order valence-electron chi connectivity index (χ1n) is 8.03. The van der Waals surface area contributed by atoms with Crippen LogP contribution >= 0.6 is 0 Å². The van der Waals surface area contributed by atoms with Crippen LogP contribution in [-0.2, 0) is 5.41 Å². The van der Waals surface area contributed by atoms with Gasteiger partial charge in [0, 0.05) is 17.7 Å². The van der Waals surface area contributed by atoms with E-state index < -0.39 is 0 Å². The van der Waals surface area contributed by atoms with E-state index in [4.69, 9.17) is 0 Å². The lowest BCUT2D eigenvalue weighted by Gasteiger charge is -2.15. The van der Waals surface area contributed by atoms with Gasteiger partial charge in [-0.25, -0.2) is 0 Å². The molecule has 1 aliphatic rings. The molecule has 112 valence electrons. The fraction of sp³-hybridized carbons (Fsp3) is 0.286. The number of hydrogen-bond acceptors (Lipinski definition) is 0. The minimum atomic E-state index is 0.0494. The van der Waals surface area contributed by atoms with Crippen molar-refractivity contribution in [3.63, 3.8) is 0 Å². The first-order chi connectivity index (χ1) is 10.5. The van der Waals surface area contributed by atoms with E-state index in [0.717, 1.165) is 6.54 Å². The molecule has 2 aromatic carbocycles. The van der Waals surface area contributed by atoms with Crippen molar-refractivity contribution in [3.05, 3.63) is 71.3 Å². The molecule has 1 heterocycles. The predicted molar refractivity (Wildman–Crippen MR) is 95.1 cm³/mol. The van der Waals surface area contributed by atoms with E-state index in [2.05, 4.69) is 93.0 Å². The summed E-state index contributed by atoms with van der Waals surface area (Å²) < 4.78 is 2.43. The maximum Gasteiger partial charge on any atom is 0.209 e. The van der Waals surface area contributed by atoms with Gasteiger partial charge in [0.15, 0.2) is 5.71 Å². The molecule has 0 N–H and O–H groups in total. The van der Waals surface area contributed by atoms with Gasteiger partial charge < -0.3 is 0 Å². The molecule has 0 aliphatic carbocycles. The standard InChI is InChI=1S/C21H24N/c1-5-22-19-9-7-6-8-18(19)21(3,4)20(22)15-14-17-12-10-16(2)11-13-17/h6-15H,5H2,1-4H3/q+1. The normalized spacial score (nSPS) is 16.4. The van der Waals surface area contributed by atoms with Crippen LogP contribution in [0.5, 0.6) is 0 Å². The molecule has 0 amide bonds. The lowest BCUT2D eigenvalue weighted by Crippen LogP contribution is -2.27. The molecule has 3 rings (SSSR count). The van der Waals surface area contributed by atoms with Gasteiger partial charge in [0.05, 0.1) is 5.41 Å². The largest absolute Gasteiger partial charge is 0.209 e. The first kappa shape index (κ1) is 14.8. The van der Waals surface area contributed by atoms with E-state index in [1.807, 2.05) is 0 Å². The van der Waals surface area contributed by atoms with Crippen LogP contribution in [0, 0.1) is 6.92 Å². The van der Waals surface area contributed by atoms with E-state index in [1.165, 1.54) is 28.1 Å². The zero-order valence-corrected chi connectivity index (χ0v) is 13.9. The molecule has 0 radical (unpaired) electrons. The summed E-state index contributed by atoms with van der Waals surface area (Å²) >= 11 is 0. The molecule has 1 heteroatoms. The summed E-state index contributed by atoms with van der Waals surface area (Å²) in [4.78, 5) is 0. The van der Waals surface area contributed by atoms with Gasteiger partial charge in [-0.15, -0.1) is 0 Å². The molecule has 0 unspecified atom stereocenters. The van der Waals surface area contributed by atoms with E-state index in [-0.39, 0.29) is 5.41 Å². The molecule has 0 aromatic heterocycles. The van der Waals surface area contributed by atoms with Gasteiger partial charge in [-0.3, -0.25) is 0 Å². The second-order valence-electron chi connectivity index (χ2n) is 6.52. The van der Waals surface area contributed by atoms with Crippen LogP contribution in [0.3, 0.4) is 0 Å². The third kappa shape index (κ3) is 2.41. The second kappa shape index (κ2) is 5.57. The van der Waals surface area contributed by atoms with Crippen molar-refractivity contribution in [3.8, 4) is 0 Å². The quantitative estimate of drug-likeness (QED) is 0.691. The Morgan fingerprint density at radius 3 is 2.32 bits per heavy atom. The van der Waals surface area contributed by atoms with Crippen LogP contribution in [0.25, 0.3) is 6.08 Å². The van der Waals surface area contributed by atoms with Crippen LogP contribution in [0.1, 0.15) is 37.5 Å². The lowest BCUT2D eigenvalue weighted by atomic mass is 9.81. The van der Waals surface area contributed by atoms with Gasteiger partial charge in [-0.1, -0.05) is 48.0 Å². The summed E-state index contributed by atoms with van der Waals surface area (Å²) in [6, 6.07) is 17.4. The number of aryl methyl sites for hydroxylation is 1. The molecular weight excluding hydrogens is 266 g/mol. The van der Waals surface area contributed by atoms with Crippen molar-refractivity contribution in [2.45, 2.75) is 33.1 Å². The molecule has 22 heavy (non-hydrogen) atoms. The Bertz CT molecular complexity index is 746. The molecule has 1 aliphatic heterocycles. The van der Waals surface area contributed by atoms with Gasteiger partial charge in [-0.2, -0.15) is 4.58 Å². The monoisotopic (exact) mass is 290 g/mol. The number of benzene rings is 2. The van der Waals surface area contributed by atoms with Gasteiger partial charge in [0.25, 0.3) is 0 Å². The minimum Gasteiger partial charge on any atom is -0.195 e. The number of fused-ring (bicyclic) bond motifs is 1. The predicted octanol–water partition coefficient (Wildman–Crippen LogP) is 5.10. The van der Waals surface area contributed by atoms with Gasteiger partial charge >= 0.3 is 0 Å². The fourth-order valence-corrected chi connectivity index (χ4v) is 3.33. The average molecular weight is 290 g/mol. The molecule has 0 spiro atoms. The van der Waals surface area contributed by atoms with Crippen LogP contribution < -0.4 is 0 Å². The Kier molecular flexibility index (Phi) is 3.74. The van der Waals surface area contributed by atoms with E-state index >= 15 is 0 Å². The Balaban J connectivity index is 2.03. The highest BCUT2D eigenvalue weighted by Crippen LogP contribution is 2.39. The van der Waals surface area contributed by atoms with Crippen LogP contribution in [-0.4, -0.2) is 16.8 Å². The summed E-state index contributed by atoms with van der Waals surface area (Å²) in [6.45, 7) is 9.97. The number of nitrogens with zero attached hydrogens (tertiary/aromatic N) is 1. The lowest BCUT2D eigenvalue weighted by molar-refractivity contribution is -0.433. The maximum atomic E-state index is 2.43. The average Bonchev–Trinajstić information content (AvgIpc) is 2.74. The Morgan fingerprint density at radius 2 is 1.64 bits per heavy atom. The zero-order valence-electron chi connectivity index (χ0n) is 13.9. The Hall–Kier alpha value is -2.15. The van der Waals surface area contributed by atoms with E-state index in [1.54, 1.807) is 0 Å². The van der Waals surface area contributed by atoms with Crippen molar-refractivity contribution < 1.29 is 4.58 Å². The molecule has 1 nitrogen and oxygen atoms in total. The highest BCUT2D eigenvalue weighted by atomic mass is 15.0. The fourth-order valence-electron chi connectivity index (χ4n) is 3.33. The second-order valence-corrected chi connectivity index (χ2v) is 6.52. The summed E-state index contributed by atoms with van der Waals surface area (Å²) in [5, 5.41) is 0. The molecule has 0 atom stereocenters. The van der Waals surface area contributed by atoms with Crippen LogP contribution in [0.2, 0.25) is 0 Å². The maximum absolute atomic E-state index is 2.43. The number of rotatable bonds is 3. The first-order valence-corrected chi connectivity index (χ1v) is 8.03. The third-order valence-electron chi connectivity index (χ3n) is 4.63. The van der Waals surface area contributed by atoms with Gasteiger partial charge in [-0.05, 0) is 39.3 Å². The number of para-hydroxylation sites is 1. The number of allylic oxidation sites excluding steroid dienone is 1. The summed E-state index contributed by atoms with van der Waals surface area (Å²) in [5.74, 6) is 0. The van der Waals surface area contributed by atoms with Crippen molar-refractivity contribution in [2.75, 3.05) is 6.54 Å². The highest BCUT2D eigenvalue weighted by molar-refractivity contribution is 6.05. The van der Waals surface area contributed by atoms with Crippen molar-refractivity contribution in [2.24, 2.45) is 0 Å². The third-order valence-corrected chi connectivity index (χ3v) is 4.63. The summed E-state index contributed by atoms with van der Waals surface area (Å²) in [6.07, 6.45) is 4.51. The number of hydrogen-bond donors (Lipinski definition) is 0. The topological polar surface area (TPSA) is 3.01 Å². The molecule has 0 saturated carbocycles. The van der Waals surface area contributed by atoms with E-state index in [9.17, 15) is 0 Å².